The maximum Gasteiger partial charge on any atom is 0.257 e. The monoisotopic (exact) mass is 399 g/mol. The van der Waals surface area contributed by atoms with Crippen LogP contribution >= 0.6 is 0 Å². The molecule has 0 radical (unpaired) electrons. The number of hydrogen-bond donors (Lipinski definition) is 2. The Labute approximate surface area is 174 Å². The Morgan fingerprint density at radius 1 is 1.07 bits per heavy atom. The molecule has 30 heavy (non-hydrogen) atoms. The molecule has 0 bridgehead atoms. The Morgan fingerprint density at radius 3 is 2.77 bits per heavy atom. The highest BCUT2D eigenvalue weighted by atomic mass is 16.5. The smallest absolute Gasteiger partial charge is 0.257 e. The van der Waals surface area contributed by atoms with E-state index in [0.29, 0.717) is 5.95 Å². The second kappa shape index (κ2) is 7.59. The molecule has 5 rings (SSSR count). The first-order valence-corrected chi connectivity index (χ1v) is 10.1. The highest BCUT2D eigenvalue weighted by Crippen LogP contribution is 2.24. The molecule has 0 aliphatic heterocycles. The van der Waals surface area contributed by atoms with Crippen LogP contribution in [0, 0.1) is 0 Å². The standard InChI is InChI=1S/C23H23N6O/c1-16(17-6-4-9-19(14-17)29(30)18-7-5-8-18)26-23-24-13-12-22(27-23)28-15-25-20-10-2-3-11-21(20)28/h2-4,6,9-16,30H,5,7-8H2,1H3,(H,24,26,27)/q+1/t16-/m1/s1. The molecule has 7 nitrogen and oxygen atoms in total. The third-order valence-corrected chi connectivity index (χ3v) is 5.53. The Kier molecular flexibility index (Phi) is 4.63. The summed E-state index contributed by atoms with van der Waals surface area (Å²) in [5.41, 5.74) is 4.83. The number of para-hydroxylation sites is 2. The lowest BCUT2D eigenvalue weighted by molar-refractivity contribution is -0.715. The van der Waals surface area contributed by atoms with Crippen LogP contribution in [-0.2, 0) is 0 Å². The van der Waals surface area contributed by atoms with Crippen molar-refractivity contribution in [3.8, 4) is 5.82 Å². The number of imidazole rings is 1. The van der Waals surface area contributed by atoms with Gasteiger partial charge in [-0.25, -0.2) is 9.97 Å². The molecule has 2 N–H and O–H groups in total. The normalized spacial score (nSPS) is 14.4. The summed E-state index contributed by atoms with van der Waals surface area (Å²) in [5.74, 6) is 1.29. The number of hydrogen-bond acceptors (Lipinski definition) is 5. The quantitative estimate of drug-likeness (QED) is 0.290. The van der Waals surface area contributed by atoms with Gasteiger partial charge in [-0.15, -0.1) is 0 Å². The van der Waals surface area contributed by atoms with Crippen molar-refractivity contribution < 1.29 is 9.95 Å². The van der Waals surface area contributed by atoms with Crippen molar-refractivity contribution in [2.24, 2.45) is 0 Å². The summed E-state index contributed by atoms with van der Waals surface area (Å²) in [6.45, 7) is 2.06. The molecule has 0 saturated heterocycles. The number of benzene rings is 2. The number of anilines is 1. The van der Waals surface area contributed by atoms with Crippen molar-refractivity contribution in [2.45, 2.75) is 32.2 Å². The lowest BCUT2D eigenvalue weighted by Gasteiger charge is -2.15. The Balaban J connectivity index is 1.39. The van der Waals surface area contributed by atoms with Gasteiger partial charge in [-0.05, 0) is 37.1 Å². The molecule has 7 heteroatoms. The Bertz CT molecular complexity index is 1240. The average Bonchev–Trinajstić information content (AvgIpc) is 3.17. The van der Waals surface area contributed by atoms with Crippen molar-refractivity contribution in [2.75, 3.05) is 5.32 Å². The molecule has 0 amide bonds. The van der Waals surface area contributed by atoms with Crippen molar-refractivity contribution in [3.05, 3.63) is 72.7 Å². The second-order valence-corrected chi connectivity index (χ2v) is 7.53. The molecule has 1 fully saturated rings. The summed E-state index contributed by atoms with van der Waals surface area (Å²) in [6.07, 6.45) is 6.57. The van der Waals surface area contributed by atoms with E-state index >= 15 is 0 Å². The Morgan fingerprint density at radius 2 is 1.93 bits per heavy atom. The second-order valence-electron chi connectivity index (χ2n) is 7.53. The first kappa shape index (κ1) is 18.3. The minimum absolute atomic E-state index is 0.0282. The molecule has 4 aromatic rings. The third kappa shape index (κ3) is 3.39. The number of aromatic nitrogens is 4. The van der Waals surface area contributed by atoms with Crippen LogP contribution < -0.4 is 5.32 Å². The van der Waals surface area contributed by atoms with Crippen LogP contribution in [0.15, 0.2) is 67.1 Å². The molecule has 2 heterocycles. The Hall–Kier alpha value is -3.74. The van der Waals surface area contributed by atoms with Crippen LogP contribution in [0.3, 0.4) is 0 Å². The zero-order valence-corrected chi connectivity index (χ0v) is 16.7. The van der Waals surface area contributed by atoms with E-state index < -0.39 is 0 Å². The van der Waals surface area contributed by atoms with Gasteiger partial charge in [0.1, 0.15) is 12.1 Å². The molecule has 150 valence electrons. The van der Waals surface area contributed by atoms with Gasteiger partial charge < -0.3 is 5.32 Å². The topological polar surface area (TPSA) is 78.9 Å². The molecule has 2 aromatic heterocycles. The summed E-state index contributed by atoms with van der Waals surface area (Å²) in [4.78, 5) is 13.5. The van der Waals surface area contributed by atoms with Crippen LogP contribution in [0.2, 0.25) is 0 Å². The molecule has 0 spiro atoms. The first-order valence-electron chi connectivity index (χ1n) is 10.1. The van der Waals surface area contributed by atoms with Gasteiger partial charge in [0.05, 0.1) is 17.1 Å². The van der Waals surface area contributed by atoms with Crippen LogP contribution in [0.25, 0.3) is 16.9 Å². The fraction of sp³-hybridized carbons (Fsp3) is 0.217. The minimum atomic E-state index is -0.0282. The fourth-order valence-electron chi connectivity index (χ4n) is 3.63. The van der Waals surface area contributed by atoms with Gasteiger partial charge in [-0.1, -0.05) is 24.3 Å². The molecule has 0 unspecified atom stereocenters. The molecule has 1 atom stereocenters. The van der Waals surface area contributed by atoms with Gasteiger partial charge >= 0.3 is 0 Å². The predicted molar refractivity (Wildman–Crippen MR) is 116 cm³/mol. The number of fused-ring (bicyclic) bond motifs is 1. The van der Waals surface area contributed by atoms with E-state index in [9.17, 15) is 5.21 Å². The van der Waals surface area contributed by atoms with E-state index in [0.717, 1.165) is 53.1 Å². The molecule has 1 saturated carbocycles. The maximum absolute atomic E-state index is 10.4. The zero-order chi connectivity index (χ0) is 20.5. The number of nitrogens with one attached hydrogen (secondary N) is 1. The van der Waals surface area contributed by atoms with Gasteiger partial charge in [-0.3, -0.25) is 9.77 Å². The summed E-state index contributed by atoms with van der Waals surface area (Å²) in [6, 6.07) is 17.7. The van der Waals surface area contributed by atoms with E-state index in [-0.39, 0.29) is 6.04 Å². The van der Waals surface area contributed by atoms with Crippen molar-refractivity contribution in [1.29, 1.82) is 0 Å². The van der Waals surface area contributed by atoms with E-state index in [1.54, 1.807) is 12.5 Å². The molecular formula is C23H23N6O+. The lowest BCUT2D eigenvalue weighted by atomic mass is 9.97. The molecule has 1 aliphatic carbocycles. The van der Waals surface area contributed by atoms with Gasteiger partial charge in [0, 0.05) is 35.9 Å². The lowest BCUT2D eigenvalue weighted by Crippen LogP contribution is -2.21. The number of nitrogens with zero attached hydrogens (tertiary/aromatic N) is 5. The van der Waals surface area contributed by atoms with Crippen molar-refractivity contribution in [1.82, 2.24) is 19.5 Å². The van der Waals surface area contributed by atoms with E-state index in [2.05, 4.69) is 27.2 Å². The van der Waals surface area contributed by atoms with Crippen LogP contribution in [0.1, 0.15) is 37.8 Å². The fourth-order valence-corrected chi connectivity index (χ4v) is 3.63. The summed E-state index contributed by atoms with van der Waals surface area (Å²) in [5, 5.41) is 13.8. The highest BCUT2D eigenvalue weighted by molar-refractivity contribution is 5.85. The van der Waals surface area contributed by atoms with Crippen LogP contribution in [-0.4, -0.2) is 35.2 Å². The van der Waals surface area contributed by atoms with Crippen LogP contribution in [0.4, 0.5) is 11.6 Å². The third-order valence-electron chi connectivity index (χ3n) is 5.53. The largest absolute Gasteiger partial charge is 0.348 e. The average molecular weight is 399 g/mol. The number of rotatable bonds is 5. The first-order chi connectivity index (χ1) is 14.7. The summed E-state index contributed by atoms with van der Waals surface area (Å²) in [7, 11) is 0. The zero-order valence-electron chi connectivity index (χ0n) is 16.7. The van der Waals surface area contributed by atoms with E-state index in [1.165, 1.54) is 4.74 Å². The summed E-state index contributed by atoms with van der Waals surface area (Å²) >= 11 is 0. The van der Waals surface area contributed by atoms with Gasteiger partial charge in [0.2, 0.25) is 11.7 Å². The SMILES string of the molecule is C[C@@H](Nc1nccc(-n2cnc3ccccc32)n1)c1cccc([N+](O)=C2CCC2)c1. The minimum Gasteiger partial charge on any atom is -0.348 e. The van der Waals surface area contributed by atoms with Crippen LogP contribution in [0.5, 0.6) is 0 Å². The van der Waals surface area contributed by atoms with E-state index in [1.807, 2.05) is 59.2 Å². The van der Waals surface area contributed by atoms with Gasteiger partial charge in [-0.2, -0.15) is 4.98 Å². The highest BCUT2D eigenvalue weighted by Gasteiger charge is 2.25. The predicted octanol–water partition coefficient (Wildman–Crippen LogP) is 4.65. The van der Waals surface area contributed by atoms with Crippen molar-refractivity contribution >= 4 is 28.4 Å². The maximum atomic E-state index is 10.4. The molecule has 1 aliphatic rings. The van der Waals surface area contributed by atoms with Gasteiger partial charge in [0.15, 0.2) is 0 Å². The van der Waals surface area contributed by atoms with E-state index in [4.69, 9.17) is 0 Å². The molecule has 2 aromatic carbocycles. The van der Waals surface area contributed by atoms with Gasteiger partial charge in [0.25, 0.3) is 5.69 Å². The van der Waals surface area contributed by atoms with Crippen molar-refractivity contribution in [3.63, 3.8) is 0 Å². The molecular weight excluding hydrogens is 376 g/mol. The summed E-state index contributed by atoms with van der Waals surface area (Å²) < 4.78 is 3.27.